The van der Waals surface area contributed by atoms with Gasteiger partial charge in [0.1, 0.15) is 13.2 Å². The first kappa shape index (κ1) is 11.6. The zero-order valence-corrected chi connectivity index (χ0v) is 10.0. The first-order valence-corrected chi connectivity index (χ1v) is 5.86. The topological polar surface area (TPSA) is 38.7 Å². The van der Waals surface area contributed by atoms with Crippen molar-refractivity contribution in [2.24, 2.45) is 0 Å². The second-order valence-electron chi connectivity index (χ2n) is 3.67. The zero-order chi connectivity index (χ0) is 11.5. The molecule has 0 spiro atoms. The Bertz CT molecular complexity index is 390. The maximum absolute atomic E-state index is 9.04. The second kappa shape index (κ2) is 4.93. The van der Waals surface area contributed by atoms with Crippen LogP contribution in [0.15, 0.2) is 6.07 Å². The van der Waals surface area contributed by atoms with E-state index in [0.717, 1.165) is 29.0 Å². The molecule has 4 heteroatoms. The quantitative estimate of drug-likeness (QED) is 0.883. The Morgan fingerprint density at radius 3 is 2.75 bits per heavy atom. The standard InChI is InChI=1S/C12H15ClO3/c1-2-8-9(3-4-14)10(13)7-11-12(8)16-6-5-15-11/h7,14H,2-6H2,1H3. The van der Waals surface area contributed by atoms with Gasteiger partial charge in [-0.05, 0) is 18.4 Å². The Kier molecular flexibility index (Phi) is 3.56. The molecule has 0 saturated carbocycles. The van der Waals surface area contributed by atoms with Crippen molar-refractivity contribution in [3.8, 4) is 11.5 Å². The van der Waals surface area contributed by atoms with Crippen LogP contribution in [0.1, 0.15) is 18.1 Å². The van der Waals surface area contributed by atoms with Crippen LogP contribution in [0.4, 0.5) is 0 Å². The fourth-order valence-electron chi connectivity index (χ4n) is 2.01. The van der Waals surface area contributed by atoms with Crippen molar-refractivity contribution in [2.45, 2.75) is 19.8 Å². The van der Waals surface area contributed by atoms with Crippen LogP contribution in [0.5, 0.6) is 11.5 Å². The molecule has 0 fully saturated rings. The van der Waals surface area contributed by atoms with E-state index < -0.39 is 0 Å². The lowest BCUT2D eigenvalue weighted by Gasteiger charge is -2.23. The van der Waals surface area contributed by atoms with Gasteiger partial charge in [0, 0.05) is 23.3 Å². The molecule has 0 unspecified atom stereocenters. The molecule has 0 aliphatic carbocycles. The van der Waals surface area contributed by atoms with Gasteiger partial charge in [0.05, 0.1) is 0 Å². The third-order valence-corrected chi connectivity index (χ3v) is 3.05. The van der Waals surface area contributed by atoms with Crippen LogP contribution in [0, 0.1) is 0 Å². The molecular weight excluding hydrogens is 228 g/mol. The van der Waals surface area contributed by atoms with E-state index in [1.807, 2.05) is 6.92 Å². The van der Waals surface area contributed by atoms with Gasteiger partial charge < -0.3 is 14.6 Å². The van der Waals surface area contributed by atoms with Crippen molar-refractivity contribution in [3.63, 3.8) is 0 Å². The van der Waals surface area contributed by atoms with Crippen LogP contribution >= 0.6 is 11.6 Å². The lowest BCUT2D eigenvalue weighted by Crippen LogP contribution is -2.17. The number of aliphatic hydroxyl groups excluding tert-OH is 1. The summed E-state index contributed by atoms with van der Waals surface area (Å²) in [6.07, 6.45) is 1.38. The number of ether oxygens (including phenoxy) is 2. The Morgan fingerprint density at radius 1 is 1.31 bits per heavy atom. The van der Waals surface area contributed by atoms with Crippen LogP contribution in [0.3, 0.4) is 0 Å². The van der Waals surface area contributed by atoms with E-state index in [9.17, 15) is 0 Å². The number of hydrogen-bond donors (Lipinski definition) is 1. The summed E-state index contributed by atoms with van der Waals surface area (Å²) >= 11 is 6.18. The number of aliphatic hydroxyl groups is 1. The molecule has 88 valence electrons. The summed E-state index contributed by atoms with van der Waals surface area (Å²) in [5, 5.41) is 9.69. The lowest BCUT2D eigenvalue weighted by atomic mass is 10.0. The van der Waals surface area contributed by atoms with Crippen molar-refractivity contribution in [1.29, 1.82) is 0 Å². The van der Waals surface area contributed by atoms with Crippen molar-refractivity contribution < 1.29 is 14.6 Å². The molecule has 0 saturated heterocycles. The third kappa shape index (κ3) is 1.97. The molecule has 0 aromatic heterocycles. The van der Waals surface area contributed by atoms with Crippen molar-refractivity contribution in [3.05, 3.63) is 22.2 Å². The fourth-order valence-corrected chi connectivity index (χ4v) is 2.32. The molecule has 1 aliphatic rings. The highest BCUT2D eigenvalue weighted by Gasteiger charge is 2.20. The highest BCUT2D eigenvalue weighted by molar-refractivity contribution is 6.31. The van der Waals surface area contributed by atoms with E-state index >= 15 is 0 Å². The van der Waals surface area contributed by atoms with Gasteiger partial charge in [-0.1, -0.05) is 18.5 Å². The zero-order valence-electron chi connectivity index (χ0n) is 9.25. The van der Waals surface area contributed by atoms with Gasteiger partial charge in [-0.3, -0.25) is 0 Å². The minimum absolute atomic E-state index is 0.0896. The first-order chi connectivity index (χ1) is 7.77. The maximum Gasteiger partial charge on any atom is 0.164 e. The largest absolute Gasteiger partial charge is 0.486 e. The Hall–Kier alpha value is -0.930. The summed E-state index contributed by atoms with van der Waals surface area (Å²) in [5.41, 5.74) is 2.02. The molecule has 0 radical (unpaired) electrons. The highest BCUT2D eigenvalue weighted by Crippen LogP contribution is 2.40. The number of halogens is 1. The van der Waals surface area contributed by atoms with Crippen molar-refractivity contribution >= 4 is 11.6 Å². The monoisotopic (exact) mass is 242 g/mol. The highest BCUT2D eigenvalue weighted by atomic mass is 35.5. The normalized spacial score (nSPS) is 13.9. The van der Waals surface area contributed by atoms with Gasteiger partial charge in [-0.25, -0.2) is 0 Å². The SMILES string of the molecule is CCc1c(CCO)c(Cl)cc2c1OCCO2. The molecule has 0 atom stereocenters. The number of benzene rings is 1. The summed E-state index contributed by atoms with van der Waals surface area (Å²) in [4.78, 5) is 0. The summed E-state index contributed by atoms with van der Waals surface area (Å²) in [6.45, 7) is 3.27. The molecular formula is C12H15ClO3. The van der Waals surface area contributed by atoms with E-state index in [1.165, 1.54) is 0 Å². The molecule has 0 amide bonds. The fraction of sp³-hybridized carbons (Fsp3) is 0.500. The van der Waals surface area contributed by atoms with Crippen molar-refractivity contribution in [1.82, 2.24) is 0 Å². The summed E-state index contributed by atoms with van der Waals surface area (Å²) in [6, 6.07) is 1.78. The lowest BCUT2D eigenvalue weighted by molar-refractivity contribution is 0.169. The van der Waals surface area contributed by atoms with Gasteiger partial charge in [0.15, 0.2) is 11.5 Å². The maximum atomic E-state index is 9.04. The minimum atomic E-state index is 0.0896. The van der Waals surface area contributed by atoms with Gasteiger partial charge in [-0.15, -0.1) is 0 Å². The predicted molar refractivity (Wildman–Crippen MR) is 62.6 cm³/mol. The Morgan fingerprint density at radius 2 is 2.06 bits per heavy atom. The van der Waals surface area contributed by atoms with Crippen LogP contribution in [-0.2, 0) is 12.8 Å². The van der Waals surface area contributed by atoms with E-state index in [1.54, 1.807) is 6.07 Å². The molecule has 0 bridgehead atoms. The number of fused-ring (bicyclic) bond motifs is 1. The molecule has 1 N–H and O–H groups in total. The predicted octanol–water partition coefficient (Wildman–Crippen LogP) is 2.21. The van der Waals surface area contributed by atoms with Crippen LogP contribution in [0.25, 0.3) is 0 Å². The molecule has 1 aliphatic heterocycles. The van der Waals surface area contributed by atoms with Gasteiger partial charge in [0.25, 0.3) is 0 Å². The third-order valence-electron chi connectivity index (χ3n) is 2.71. The van der Waals surface area contributed by atoms with E-state index in [2.05, 4.69) is 0 Å². The molecule has 2 rings (SSSR count). The van der Waals surface area contributed by atoms with E-state index in [4.69, 9.17) is 26.2 Å². The van der Waals surface area contributed by atoms with E-state index in [-0.39, 0.29) is 6.61 Å². The van der Waals surface area contributed by atoms with Crippen LogP contribution in [0.2, 0.25) is 5.02 Å². The molecule has 16 heavy (non-hydrogen) atoms. The van der Waals surface area contributed by atoms with Gasteiger partial charge >= 0.3 is 0 Å². The number of hydrogen-bond acceptors (Lipinski definition) is 3. The van der Waals surface area contributed by atoms with Gasteiger partial charge in [-0.2, -0.15) is 0 Å². The smallest absolute Gasteiger partial charge is 0.164 e. The van der Waals surface area contributed by atoms with Crippen LogP contribution < -0.4 is 9.47 Å². The summed E-state index contributed by atoms with van der Waals surface area (Å²) in [7, 11) is 0. The Labute approximate surface area is 99.9 Å². The molecule has 1 heterocycles. The summed E-state index contributed by atoms with van der Waals surface area (Å²) in [5.74, 6) is 1.51. The average molecular weight is 243 g/mol. The Balaban J connectivity index is 2.52. The second-order valence-corrected chi connectivity index (χ2v) is 4.07. The first-order valence-electron chi connectivity index (χ1n) is 5.48. The van der Waals surface area contributed by atoms with Crippen molar-refractivity contribution in [2.75, 3.05) is 19.8 Å². The molecule has 3 nitrogen and oxygen atoms in total. The summed E-state index contributed by atoms with van der Waals surface area (Å²) < 4.78 is 11.1. The van der Waals surface area contributed by atoms with Crippen LogP contribution in [-0.4, -0.2) is 24.9 Å². The molecule has 1 aromatic carbocycles. The van der Waals surface area contributed by atoms with E-state index in [0.29, 0.717) is 24.7 Å². The number of rotatable bonds is 3. The minimum Gasteiger partial charge on any atom is -0.486 e. The molecule has 1 aromatic rings. The van der Waals surface area contributed by atoms with Gasteiger partial charge in [0.2, 0.25) is 0 Å². The average Bonchev–Trinajstić information content (AvgIpc) is 2.30.